The molecule has 150 valence electrons. The molecule has 0 atom stereocenters. The van der Waals surface area contributed by atoms with Gasteiger partial charge in [-0.1, -0.05) is 18.2 Å². The molecule has 3 rings (SSSR count). The van der Waals surface area contributed by atoms with E-state index in [9.17, 15) is 9.59 Å². The summed E-state index contributed by atoms with van der Waals surface area (Å²) in [6, 6.07) is 16.0. The Hall–Kier alpha value is -3.74. The fourth-order valence-corrected chi connectivity index (χ4v) is 2.73. The van der Waals surface area contributed by atoms with E-state index >= 15 is 0 Å². The maximum Gasteiger partial charge on any atom is 0.340 e. The zero-order valence-corrected chi connectivity index (χ0v) is 16.2. The van der Waals surface area contributed by atoms with Crippen molar-refractivity contribution in [3.8, 4) is 5.75 Å². The third kappa shape index (κ3) is 5.38. The Balaban J connectivity index is 1.59. The molecule has 0 saturated carbocycles. The molecular weight excluding hydrogens is 372 g/mol. The number of nitrogens with one attached hydrogen (secondary N) is 2. The number of hydrogen-bond donors (Lipinski definition) is 2. The van der Waals surface area contributed by atoms with Gasteiger partial charge in [-0.15, -0.1) is 0 Å². The first-order valence-corrected chi connectivity index (χ1v) is 9.03. The highest BCUT2D eigenvalue weighted by atomic mass is 16.5. The lowest BCUT2D eigenvalue weighted by Gasteiger charge is -2.12. The number of esters is 1. The van der Waals surface area contributed by atoms with E-state index in [0.717, 1.165) is 11.3 Å². The van der Waals surface area contributed by atoms with Gasteiger partial charge in [0.15, 0.2) is 6.61 Å². The molecule has 0 bridgehead atoms. The van der Waals surface area contributed by atoms with Gasteiger partial charge < -0.3 is 24.5 Å². The molecule has 0 fully saturated rings. The SMILES string of the molecule is COc1ccc(C)cc1NC(=O)COC(=O)c1ccccc1NCc1ccco1. The first kappa shape index (κ1) is 20.0. The van der Waals surface area contributed by atoms with Gasteiger partial charge in [-0.2, -0.15) is 0 Å². The van der Waals surface area contributed by atoms with Crippen LogP contribution >= 0.6 is 0 Å². The normalized spacial score (nSPS) is 10.3. The van der Waals surface area contributed by atoms with Crippen molar-refractivity contribution in [3.05, 3.63) is 77.7 Å². The number of methoxy groups -OCH3 is 1. The van der Waals surface area contributed by atoms with Crippen LogP contribution in [0.2, 0.25) is 0 Å². The van der Waals surface area contributed by atoms with Crippen LogP contribution in [-0.4, -0.2) is 25.6 Å². The predicted molar refractivity (Wildman–Crippen MR) is 109 cm³/mol. The van der Waals surface area contributed by atoms with E-state index in [1.165, 1.54) is 7.11 Å². The van der Waals surface area contributed by atoms with Crippen LogP contribution in [0.25, 0.3) is 0 Å². The lowest BCUT2D eigenvalue weighted by Crippen LogP contribution is -2.21. The summed E-state index contributed by atoms with van der Waals surface area (Å²) in [7, 11) is 1.52. The van der Waals surface area contributed by atoms with Gasteiger partial charge >= 0.3 is 5.97 Å². The molecule has 2 aromatic carbocycles. The molecule has 1 aromatic heterocycles. The van der Waals surface area contributed by atoms with E-state index in [2.05, 4.69) is 10.6 Å². The van der Waals surface area contributed by atoms with E-state index < -0.39 is 18.5 Å². The minimum atomic E-state index is -0.598. The highest BCUT2D eigenvalue weighted by Gasteiger charge is 2.15. The minimum absolute atomic E-state index is 0.333. The average Bonchev–Trinajstić information content (AvgIpc) is 3.24. The second-order valence-electron chi connectivity index (χ2n) is 6.31. The van der Waals surface area contributed by atoms with Crippen molar-refractivity contribution in [1.29, 1.82) is 0 Å². The number of amides is 1. The van der Waals surface area contributed by atoms with E-state index in [1.54, 1.807) is 48.7 Å². The Morgan fingerprint density at radius 3 is 2.62 bits per heavy atom. The van der Waals surface area contributed by atoms with Gasteiger partial charge in [0.05, 0.1) is 31.2 Å². The summed E-state index contributed by atoms with van der Waals surface area (Å²) in [5.41, 5.74) is 2.42. The highest BCUT2D eigenvalue weighted by molar-refractivity contribution is 5.99. The summed E-state index contributed by atoms with van der Waals surface area (Å²) in [5, 5.41) is 5.83. The van der Waals surface area contributed by atoms with E-state index in [0.29, 0.717) is 29.2 Å². The van der Waals surface area contributed by atoms with Crippen LogP contribution in [0.4, 0.5) is 11.4 Å². The summed E-state index contributed by atoms with van der Waals surface area (Å²) >= 11 is 0. The number of aryl methyl sites for hydroxylation is 1. The number of carbonyl (C=O) groups is 2. The van der Waals surface area contributed by atoms with Gasteiger partial charge in [-0.3, -0.25) is 4.79 Å². The second-order valence-corrected chi connectivity index (χ2v) is 6.31. The van der Waals surface area contributed by atoms with E-state index in [4.69, 9.17) is 13.9 Å². The molecule has 0 spiro atoms. The second kappa shape index (κ2) is 9.45. The predicted octanol–water partition coefficient (Wildman–Crippen LogP) is 4.00. The van der Waals surface area contributed by atoms with Crippen molar-refractivity contribution in [3.63, 3.8) is 0 Å². The molecule has 0 saturated heterocycles. The Kier molecular flexibility index (Phi) is 6.52. The smallest absolute Gasteiger partial charge is 0.340 e. The van der Waals surface area contributed by atoms with Crippen LogP contribution in [0, 0.1) is 6.92 Å². The summed E-state index contributed by atoms with van der Waals surface area (Å²) in [6.07, 6.45) is 1.58. The quantitative estimate of drug-likeness (QED) is 0.561. The molecule has 1 amide bonds. The number of rotatable bonds is 8. The molecule has 0 unspecified atom stereocenters. The molecule has 0 aliphatic carbocycles. The Labute approximate surface area is 168 Å². The van der Waals surface area contributed by atoms with Crippen LogP contribution in [0.5, 0.6) is 5.75 Å². The zero-order valence-electron chi connectivity index (χ0n) is 16.2. The largest absolute Gasteiger partial charge is 0.495 e. The maximum atomic E-state index is 12.5. The molecule has 0 radical (unpaired) electrons. The fourth-order valence-electron chi connectivity index (χ4n) is 2.73. The molecule has 29 heavy (non-hydrogen) atoms. The number of benzene rings is 2. The molecule has 0 aliphatic heterocycles. The van der Waals surface area contributed by atoms with Crippen LogP contribution < -0.4 is 15.4 Å². The maximum absolute atomic E-state index is 12.5. The lowest BCUT2D eigenvalue weighted by atomic mass is 10.2. The Morgan fingerprint density at radius 2 is 1.86 bits per heavy atom. The van der Waals surface area contributed by atoms with Gasteiger partial charge in [0.2, 0.25) is 0 Å². The van der Waals surface area contributed by atoms with E-state index in [-0.39, 0.29) is 0 Å². The summed E-state index contributed by atoms with van der Waals surface area (Å²) in [4.78, 5) is 24.7. The van der Waals surface area contributed by atoms with Crippen molar-refractivity contribution in [2.24, 2.45) is 0 Å². The van der Waals surface area contributed by atoms with Gasteiger partial charge in [0.25, 0.3) is 5.91 Å². The van der Waals surface area contributed by atoms with Crippen molar-refractivity contribution < 1.29 is 23.5 Å². The average molecular weight is 394 g/mol. The molecule has 7 nitrogen and oxygen atoms in total. The topological polar surface area (TPSA) is 89.8 Å². The third-order valence-corrected chi connectivity index (χ3v) is 4.14. The Bertz CT molecular complexity index is 983. The number of furan rings is 1. The van der Waals surface area contributed by atoms with Crippen LogP contribution in [0.15, 0.2) is 65.3 Å². The lowest BCUT2D eigenvalue weighted by molar-refractivity contribution is -0.119. The fraction of sp³-hybridized carbons (Fsp3) is 0.182. The monoisotopic (exact) mass is 394 g/mol. The van der Waals surface area contributed by atoms with Gasteiger partial charge in [0, 0.05) is 5.69 Å². The molecule has 2 N–H and O–H groups in total. The summed E-state index contributed by atoms with van der Waals surface area (Å²) in [5.74, 6) is 0.213. The summed E-state index contributed by atoms with van der Waals surface area (Å²) < 4.78 is 15.7. The van der Waals surface area contributed by atoms with Crippen LogP contribution in [0.3, 0.4) is 0 Å². The number of hydrogen-bond acceptors (Lipinski definition) is 6. The molecule has 1 heterocycles. The standard InChI is InChI=1S/C22H22N2O5/c1-15-9-10-20(27-2)19(12-15)24-21(25)14-29-22(26)17-7-3-4-8-18(17)23-13-16-6-5-11-28-16/h3-12,23H,13-14H2,1-2H3,(H,24,25). The van der Waals surface area contributed by atoms with Gasteiger partial charge in [-0.05, 0) is 48.9 Å². The number of anilines is 2. The number of carbonyl (C=O) groups excluding carboxylic acids is 2. The first-order valence-electron chi connectivity index (χ1n) is 9.03. The Morgan fingerprint density at radius 1 is 1.03 bits per heavy atom. The zero-order chi connectivity index (χ0) is 20.6. The molecule has 3 aromatic rings. The van der Waals surface area contributed by atoms with Crippen molar-refractivity contribution in [2.75, 3.05) is 24.4 Å². The minimum Gasteiger partial charge on any atom is -0.495 e. The van der Waals surface area contributed by atoms with Crippen molar-refractivity contribution in [1.82, 2.24) is 0 Å². The van der Waals surface area contributed by atoms with Gasteiger partial charge in [-0.25, -0.2) is 4.79 Å². The molecule has 0 aliphatic rings. The van der Waals surface area contributed by atoms with Crippen LogP contribution in [0.1, 0.15) is 21.7 Å². The summed E-state index contributed by atoms with van der Waals surface area (Å²) in [6.45, 7) is 1.91. The van der Waals surface area contributed by atoms with Crippen molar-refractivity contribution in [2.45, 2.75) is 13.5 Å². The molecular formula is C22H22N2O5. The third-order valence-electron chi connectivity index (χ3n) is 4.14. The number of ether oxygens (including phenoxy) is 2. The number of para-hydroxylation sites is 1. The van der Waals surface area contributed by atoms with Crippen LogP contribution in [-0.2, 0) is 16.1 Å². The first-order chi connectivity index (χ1) is 14.1. The van der Waals surface area contributed by atoms with E-state index in [1.807, 2.05) is 19.1 Å². The van der Waals surface area contributed by atoms with Gasteiger partial charge in [0.1, 0.15) is 11.5 Å². The molecule has 7 heteroatoms. The highest BCUT2D eigenvalue weighted by Crippen LogP contribution is 2.25. The van der Waals surface area contributed by atoms with Crippen molar-refractivity contribution >= 4 is 23.3 Å².